The summed E-state index contributed by atoms with van der Waals surface area (Å²) in [6, 6.07) is 0. The average molecular weight is 234 g/mol. The van der Waals surface area contributed by atoms with E-state index in [0.717, 1.165) is 0 Å². The number of rotatable bonds is 1. The number of allylic oxidation sites excluding steroid dienone is 6. The zero-order chi connectivity index (χ0) is 10.7. The Balaban J connectivity index is 2.36. The minimum atomic E-state index is 0.588. The standard InChI is InChI=1S/C13H14S2/c1-10(2)11-6-5-9-15-13(11)12-7-3-4-8-14-12/h3-10H,1-2H3. The Hall–Kier alpha value is -0.600. The number of hydrogen-bond donors (Lipinski definition) is 0. The second kappa shape index (κ2) is 4.95. The first kappa shape index (κ1) is 10.9. The van der Waals surface area contributed by atoms with Gasteiger partial charge < -0.3 is 0 Å². The van der Waals surface area contributed by atoms with Crippen LogP contribution in [0.15, 0.2) is 56.6 Å². The molecule has 0 radical (unpaired) electrons. The van der Waals surface area contributed by atoms with Crippen molar-refractivity contribution in [3.63, 3.8) is 0 Å². The molecule has 0 N–H and O–H groups in total. The van der Waals surface area contributed by atoms with Gasteiger partial charge in [-0.05, 0) is 28.4 Å². The van der Waals surface area contributed by atoms with Gasteiger partial charge in [0.05, 0.1) is 0 Å². The molecule has 2 aliphatic rings. The third kappa shape index (κ3) is 2.50. The first-order valence-electron chi connectivity index (χ1n) is 5.07. The SMILES string of the molecule is CC(C)C1=CC=CSC1=C1C=CC=CS1. The van der Waals surface area contributed by atoms with Gasteiger partial charge in [0.25, 0.3) is 0 Å². The molecule has 0 saturated carbocycles. The monoisotopic (exact) mass is 234 g/mol. The summed E-state index contributed by atoms with van der Waals surface area (Å²) in [7, 11) is 0. The van der Waals surface area contributed by atoms with Crippen molar-refractivity contribution in [3.8, 4) is 0 Å². The lowest BCUT2D eigenvalue weighted by molar-refractivity contribution is 0.788. The van der Waals surface area contributed by atoms with Gasteiger partial charge in [-0.25, -0.2) is 0 Å². The quantitative estimate of drug-likeness (QED) is 0.635. The second-order valence-electron chi connectivity index (χ2n) is 3.72. The van der Waals surface area contributed by atoms with E-state index in [-0.39, 0.29) is 0 Å². The molecule has 15 heavy (non-hydrogen) atoms. The molecule has 0 fully saturated rings. The van der Waals surface area contributed by atoms with E-state index in [1.54, 1.807) is 0 Å². The van der Waals surface area contributed by atoms with Crippen LogP contribution in [0.4, 0.5) is 0 Å². The van der Waals surface area contributed by atoms with Crippen LogP contribution in [0.1, 0.15) is 13.8 Å². The topological polar surface area (TPSA) is 0 Å². The van der Waals surface area contributed by atoms with Crippen molar-refractivity contribution in [1.29, 1.82) is 0 Å². The normalized spacial score (nSPS) is 24.9. The molecular weight excluding hydrogens is 220 g/mol. The molecule has 2 aliphatic heterocycles. The van der Waals surface area contributed by atoms with E-state index in [1.807, 2.05) is 23.5 Å². The van der Waals surface area contributed by atoms with Gasteiger partial charge in [-0.3, -0.25) is 0 Å². The van der Waals surface area contributed by atoms with Gasteiger partial charge >= 0.3 is 0 Å². The highest BCUT2D eigenvalue weighted by molar-refractivity contribution is 8.09. The maximum Gasteiger partial charge on any atom is 0.0290 e. The van der Waals surface area contributed by atoms with E-state index in [4.69, 9.17) is 0 Å². The van der Waals surface area contributed by atoms with Gasteiger partial charge in [0.15, 0.2) is 0 Å². The van der Waals surface area contributed by atoms with Gasteiger partial charge in [-0.2, -0.15) is 0 Å². The van der Waals surface area contributed by atoms with Crippen molar-refractivity contribution in [1.82, 2.24) is 0 Å². The van der Waals surface area contributed by atoms with Crippen molar-refractivity contribution in [2.24, 2.45) is 5.92 Å². The van der Waals surface area contributed by atoms with Crippen LogP contribution in [-0.4, -0.2) is 0 Å². The van der Waals surface area contributed by atoms with Crippen molar-refractivity contribution in [2.75, 3.05) is 0 Å². The lowest BCUT2D eigenvalue weighted by atomic mass is 10.0. The molecule has 2 heterocycles. The molecule has 0 saturated heterocycles. The third-order valence-corrected chi connectivity index (χ3v) is 4.28. The van der Waals surface area contributed by atoms with Crippen LogP contribution in [0.2, 0.25) is 0 Å². The van der Waals surface area contributed by atoms with Gasteiger partial charge in [0, 0.05) is 9.81 Å². The van der Waals surface area contributed by atoms with E-state index in [9.17, 15) is 0 Å². The molecular formula is C13H14S2. The van der Waals surface area contributed by atoms with Crippen molar-refractivity contribution >= 4 is 23.5 Å². The summed E-state index contributed by atoms with van der Waals surface area (Å²) in [6.07, 6.45) is 10.8. The predicted molar refractivity (Wildman–Crippen MR) is 72.5 cm³/mol. The van der Waals surface area contributed by atoms with Gasteiger partial charge in [0.2, 0.25) is 0 Å². The summed E-state index contributed by atoms with van der Waals surface area (Å²) in [4.78, 5) is 2.78. The maximum absolute atomic E-state index is 2.25. The number of thioether (sulfide) groups is 2. The number of hydrogen-bond acceptors (Lipinski definition) is 2. The Labute approximate surface area is 99.9 Å². The molecule has 0 aromatic heterocycles. The van der Waals surface area contributed by atoms with E-state index < -0.39 is 0 Å². The Morgan fingerprint density at radius 3 is 2.47 bits per heavy atom. The largest absolute Gasteiger partial charge is 0.0969 e. The van der Waals surface area contributed by atoms with Gasteiger partial charge in [-0.15, -0.1) is 0 Å². The summed E-state index contributed by atoms with van der Waals surface area (Å²) >= 11 is 3.64. The fourth-order valence-electron chi connectivity index (χ4n) is 1.52. The predicted octanol–water partition coefficient (Wildman–Crippen LogP) is 4.86. The fourth-order valence-corrected chi connectivity index (χ4v) is 3.42. The van der Waals surface area contributed by atoms with Crippen LogP contribution in [0.25, 0.3) is 0 Å². The third-order valence-electron chi connectivity index (χ3n) is 2.28. The highest BCUT2D eigenvalue weighted by Gasteiger charge is 2.15. The summed E-state index contributed by atoms with van der Waals surface area (Å²) < 4.78 is 0. The lowest BCUT2D eigenvalue weighted by Gasteiger charge is -2.19. The second-order valence-corrected chi connectivity index (χ2v) is 5.59. The molecule has 0 amide bonds. The minimum Gasteiger partial charge on any atom is -0.0969 e. The van der Waals surface area contributed by atoms with Crippen LogP contribution in [-0.2, 0) is 0 Å². The molecule has 0 nitrogen and oxygen atoms in total. The van der Waals surface area contributed by atoms with Crippen molar-refractivity contribution in [3.05, 3.63) is 56.6 Å². The zero-order valence-corrected chi connectivity index (χ0v) is 10.6. The van der Waals surface area contributed by atoms with Crippen LogP contribution in [0.3, 0.4) is 0 Å². The highest BCUT2D eigenvalue weighted by atomic mass is 32.2. The molecule has 2 rings (SSSR count). The smallest absolute Gasteiger partial charge is 0.0290 e. The summed E-state index contributed by atoms with van der Waals surface area (Å²) in [5, 5.41) is 4.29. The Morgan fingerprint density at radius 2 is 1.80 bits per heavy atom. The van der Waals surface area contributed by atoms with E-state index in [0.29, 0.717) is 5.92 Å². The zero-order valence-electron chi connectivity index (χ0n) is 8.94. The lowest BCUT2D eigenvalue weighted by Crippen LogP contribution is -1.99. The van der Waals surface area contributed by atoms with Crippen LogP contribution < -0.4 is 0 Å². The molecule has 0 atom stereocenters. The van der Waals surface area contributed by atoms with Crippen LogP contribution in [0, 0.1) is 5.92 Å². The average Bonchev–Trinajstić information content (AvgIpc) is 2.30. The van der Waals surface area contributed by atoms with Crippen molar-refractivity contribution < 1.29 is 0 Å². The summed E-state index contributed by atoms with van der Waals surface area (Å²) in [6.45, 7) is 4.50. The molecule has 0 aromatic rings. The van der Waals surface area contributed by atoms with Gasteiger partial charge in [-0.1, -0.05) is 61.7 Å². The molecule has 0 bridgehead atoms. The highest BCUT2D eigenvalue weighted by Crippen LogP contribution is 2.41. The molecule has 0 unspecified atom stereocenters. The molecule has 0 aromatic carbocycles. The Morgan fingerprint density at radius 1 is 1.00 bits per heavy atom. The van der Waals surface area contributed by atoms with E-state index >= 15 is 0 Å². The van der Waals surface area contributed by atoms with E-state index in [2.05, 4.69) is 55.0 Å². The molecule has 2 heteroatoms. The summed E-state index contributed by atoms with van der Waals surface area (Å²) in [5.41, 5.74) is 1.45. The summed E-state index contributed by atoms with van der Waals surface area (Å²) in [5.74, 6) is 0.588. The first-order valence-corrected chi connectivity index (χ1v) is 6.83. The minimum absolute atomic E-state index is 0.588. The molecule has 0 aliphatic carbocycles. The first-order chi connectivity index (χ1) is 7.29. The van der Waals surface area contributed by atoms with Gasteiger partial charge in [0.1, 0.15) is 0 Å². The van der Waals surface area contributed by atoms with Crippen LogP contribution in [0.5, 0.6) is 0 Å². The fraction of sp³-hybridized carbons (Fsp3) is 0.231. The van der Waals surface area contributed by atoms with Crippen molar-refractivity contribution in [2.45, 2.75) is 13.8 Å². The Bertz CT molecular complexity index is 393. The van der Waals surface area contributed by atoms with E-state index in [1.165, 1.54) is 15.4 Å². The Kier molecular flexibility index (Phi) is 3.60. The van der Waals surface area contributed by atoms with Crippen LogP contribution >= 0.6 is 23.5 Å². The molecule has 0 spiro atoms. The maximum atomic E-state index is 2.25. The molecule has 78 valence electrons.